The molecular weight excluding hydrogens is 294 g/mol. The number of benzene rings is 1. The van der Waals surface area contributed by atoms with Crippen LogP contribution in [0.1, 0.15) is 12.8 Å². The quantitative estimate of drug-likeness (QED) is 0.806. The smallest absolute Gasteiger partial charge is 0.303 e. The predicted molar refractivity (Wildman–Crippen MR) is 76.4 cm³/mol. The first-order valence-electron chi connectivity index (χ1n) is 6.30. The maximum atomic E-state index is 12.6. The van der Waals surface area contributed by atoms with Gasteiger partial charge in [-0.25, -0.2) is 4.98 Å². The summed E-state index contributed by atoms with van der Waals surface area (Å²) < 4.78 is 26.3. The highest BCUT2D eigenvalue weighted by Crippen LogP contribution is 2.22. The van der Waals surface area contributed by atoms with E-state index in [-0.39, 0.29) is 24.4 Å². The first-order valence-corrected chi connectivity index (χ1v) is 7.74. The third-order valence-corrected chi connectivity index (χ3v) is 4.59. The van der Waals surface area contributed by atoms with Gasteiger partial charge in [0.2, 0.25) is 0 Å². The fourth-order valence-corrected chi connectivity index (χ4v) is 3.26. The molecule has 2 N–H and O–H groups in total. The first-order chi connectivity index (χ1) is 10.0. The Morgan fingerprint density at radius 2 is 2.00 bits per heavy atom. The molecule has 7 nitrogen and oxygen atoms in total. The Hall–Kier alpha value is -2.35. The molecule has 0 saturated heterocycles. The fraction of sp³-hybridized carbons (Fsp3) is 0.231. The van der Waals surface area contributed by atoms with Gasteiger partial charge in [-0.1, -0.05) is 18.2 Å². The number of aromatic nitrogens is 2. The number of carboxylic acids is 1. The molecule has 0 bridgehead atoms. The zero-order chi connectivity index (χ0) is 15.3. The van der Waals surface area contributed by atoms with Crippen LogP contribution in [0.5, 0.6) is 0 Å². The highest BCUT2D eigenvalue weighted by atomic mass is 32.2. The van der Waals surface area contributed by atoms with Crippen LogP contribution in [-0.2, 0) is 14.8 Å². The average Bonchev–Trinajstić information content (AvgIpc) is 2.99. The van der Waals surface area contributed by atoms with E-state index in [4.69, 9.17) is 5.11 Å². The number of nitrogens with zero attached hydrogens (tertiary/aromatic N) is 2. The number of aliphatic carboxylic acids is 1. The van der Waals surface area contributed by atoms with Gasteiger partial charge in [0.15, 0.2) is 5.03 Å². The standard InChI is InChI=1S/C13H15N3O4S/c17-13(18)7-4-8-16(11-5-2-1-3-6-11)21(19,20)12-9-14-10-15-12/h1-3,5-6,9-10H,4,7-8H2,(H,14,15)(H,17,18). The van der Waals surface area contributed by atoms with E-state index in [1.807, 2.05) is 0 Å². The van der Waals surface area contributed by atoms with Gasteiger partial charge >= 0.3 is 5.97 Å². The van der Waals surface area contributed by atoms with Crippen molar-refractivity contribution in [1.29, 1.82) is 0 Å². The van der Waals surface area contributed by atoms with E-state index in [9.17, 15) is 13.2 Å². The van der Waals surface area contributed by atoms with E-state index in [1.165, 1.54) is 16.8 Å². The number of carboxylic acid groups (broad SMARTS) is 1. The number of H-pyrrole nitrogens is 1. The molecule has 1 aromatic carbocycles. The Labute approximate surface area is 122 Å². The van der Waals surface area contributed by atoms with Crippen molar-refractivity contribution < 1.29 is 18.3 Å². The van der Waals surface area contributed by atoms with Gasteiger partial charge in [-0.3, -0.25) is 9.10 Å². The minimum absolute atomic E-state index is 0.0262. The van der Waals surface area contributed by atoms with Crippen molar-refractivity contribution in [2.75, 3.05) is 10.8 Å². The average molecular weight is 309 g/mol. The summed E-state index contributed by atoms with van der Waals surface area (Å²) in [5.74, 6) is -0.957. The molecule has 0 aliphatic heterocycles. The van der Waals surface area contributed by atoms with Gasteiger partial charge in [0.1, 0.15) is 0 Å². The molecular formula is C13H15N3O4S. The summed E-state index contributed by atoms with van der Waals surface area (Å²) >= 11 is 0. The van der Waals surface area contributed by atoms with E-state index in [1.54, 1.807) is 30.3 Å². The molecule has 0 unspecified atom stereocenters. The number of sulfonamides is 1. The third-order valence-electron chi connectivity index (χ3n) is 2.84. The highest BCUT2D eigenvalue weighted by molar-refractivity contribution is 7.92. The monoisotopic (exact) mass is 309 g/mol. The third kappa shape index (κ3) is 3.60. The summed E-state index contributed by atoms with van der Waals surface area (Å²) in [6, 6.07) is 8.55. The van der Waals surface area contributed by atoms with Crippen LogP contribution in [0.25, 0.3) is 0 Å². The molecule has 1 heterocycles. The van der Waals surface area contributed by atoms with E-state index in [2.05, 4.69) is 9.97 Å². The molecule has 112 valence electrons. The lowest BCUT2D eigenvalue weighted by Gasteiger charge is -2.23. The van der Waals surface area contributed by atoms with E-state index in [0.717, 1.165) is 0 Å². The summed E-state index contributed by atoms with van der Waals surface area (Å²) in [6.07, 6.45) is 2.63. The van der Waals surface area contributed by atoms with Crippen molar-refractivity contribution in [3.05, 3.63) is 42.9 Å². The molecule has 0 amide bonds. The van der Waals surface area contributed by atoms with Gasteiger partial charge in [-0.2, -0.15) is 8.42 Å². The molecule has 0 radical (unpaired) electrons. The minimum Gasteiger partial charge on any atom is -0.481 e. The molecule has 0 fully saturated rings. The molecule has 0 spiro atoms. The maximum Gasteiger partial charge on any atom is 0.303 e. The van der Waals surface area contributed by atoms with Crippen molar-refractivity contribution in [3.63, 3.8) is 0 Å². The van der Waals surface area contributed by atoms with Gasteiger partial charge < -0.3 is 10.1 Å². The number of anilines is 1. The number of imidazole rings is 1. The summed E-state index contributed by atoms with van der Waals surface area (Å²) in [5, 5.41) is 8.67. The van der Waals surface area contributed by atoms with Crippen molar-refractivity contribution >= 4 is 21.7 Å². The number of aromatic amines is 1. The molecule has 0 atom stereocenters. The minimum atomic E-state index is -3.79. The molecule has 1 aromatic heterocycles. The van der Waals surface area contributed by atoms with Crippen molar-refractivity contribution in [2.45, 2.75) is 17.9 Å². The Bertz CT molecular complexity index is 683. The topological polar surface area (TPSA) is 103 Å². The first kappa shape index (κ1) is 15.0. The zero-order valence-electron chi connectivity index (χ0n) is 11.1. The van der Waals surface area contributed by atoms with E-state index >= 15 is 0 Å². The van der Waals surface area contributed by atoms with Crippen LogP contribution in [0.2, 0.25) is 0 Å². The van der Waals surface area contributed by atoms with Crippen LogP contribution in [-0.4, -0.2) is 36.0 Å². The molecule has 21 heavy (non-hydrogen) atoms. The zero-order valence-corrected chi connectivity index (χ0v) is 12.0. The molecule has 0 aliphatic carbocycles. The normalized spacial score (nSPS) is 11.2. The largest absolute Gasteiger partial charge is 0.481 e. The van der Waals surface area contributed by atoms with Crippen LogP contribution in [0.4, 0.5) is 5.69 Å². The number of nitrogens with one attached hydrogen (secondary N) is 1. The highest BCUT2D eigenvalue weighted by Gasteiger charge is 2.25. The number of para-hydroxylation sites is 1. The number of hydrogen-bond acceptors (Lipinski definition) is 4. The maximum absolute atomic E-state index is 12.6. The summed E-state index contributed by atoms with van der Waals surface area (Å²) in [6.45, 7) is 0.0810. The van der Waals surface area contributed by atoms with Gasteiger partial charge in [0.25, 0.3) is 10.0 Å². The Kier molecular flexibility index (Phi) is 4.59. The predicted octanol–water partition coefficient (Wildman–Crippen LogP) is 1.47. The van der Waals surface area contributed by atoms with Gasteiger partial charge in [0, 0.05) is 13.0 Å². The lowest BCUT2D eigenvalue weighted by atomic mass is 10.3. The summed E-state index contributed by atoms with van der Waals surface area (Å²) in [5.41, 5.74) is 0.484. The Balaban J connectivity index is 2.30. The lowest BCUT2D eigenvalue weighted by molar-refractivity contribution is -0.137. The Morgan fingerprint density at radius 1 is 1.29 bits per heavy atom. The van der Waals surface area contributed by atoms with Gasteiger partial charge in [-0.15, -0.1) is 0 Å². The van der Waals surface area contributed by atoms with Gasteiger partial charge in [0.05, 0.1) is 18.2 Å². The van der Waals surface area contributed by atoms with Crippen molar-refractivity contribution in [3.8, 4) is 0 Å². The molecule has 8 heteroatoms. The van der Waals surface area contributed by atoms with Crippen LogP contribution in [0.3, 0.4) is 0 Å². The van der Waals surface area contributed by atoms with Crippen molar-refractivity contribution in [1.82, 2.24) is 9.97 Å². The molecule has 2 aromatic rings. The van der Waals surface area contributed by atoms with Crippen LogP contribution in [0.15, 0.2) is 47.9 Å². The SMILES string of the molecule is O=C(O)CCCN(c1ccccc1)S(=O)(=O)c1cnc[nH]1. The lowest BCUT2D eigenvalue weighted by Crippen LogP contribution is -2.32. The second kappa shape index (κ2) is 6.40. The van der Waals surface area contributed by atoms with E-state index in [0.29, 0.717) is 5.69 Å². The van der Waals surface area contributed by atoms with E-state index < -0.39 is 16.0 Å². The number of hydrogen-bond donors (Lipinski definition) is 2. The second-order valence-corrected chi connectivity index (χ2v) is 6.16. The number of rotatable bonds is 7. The second-order valence-electron chi connectivity index (χ2n) is 4.33. The number of carbonyl (C=O) groups is 1. The summed E-state index contributed by atoms with van der Waals surface area (Å²) in [7, 11) is -3.79. The van der Waals surface area contributed by atoms with Crippen molar-refractivity contribution in [2.24, 2.45) is 0 Å². The Morgan fingerprint density at radius 3 is 2.57 bits per heavy atom. The summed E-state index contributed by atoms with van der Waals surface area (Å²) in [4.78, 5) is 16.9. The van der Waals surface area contributed by atoms with Crippen LogP contribution in [0, 0.1) is 0 Å². The fourth-order valence-electron chi connectivity index (χ4n) is 1.86. The molecule has 0 aliphatic rings. The van der Waals surface area contributed by atoms with Crippen LogP contribution >= 0.6 is 0 Å². The molecule has 0 saturated carbocycles. The molecule has 2 rings (SSSR count). The van der Waals surface area contributed by atoms with Gasteiger partial charge in [-0.05, 0) is 18.6 Å². The van der Waals surface area contributed by atoms with Crippen LogP contribution < -0.4 is 4.31 Å².